The van der Waals surface area contributed by atoms with Crippen molar-refractivity contribution in [1.82, 2.24) is 5.16 Å². The lowest BCUT2D eigenvalue weighted by Gasteiger charge is -2.32. The van der Waals surface area contributed by atoms with Gasteiger partial charge >= 0.3 is 0 Å². The number of aryl methyl sites for hydroxylation is 1. The van der Waals surface area contributed by atoms with Crippen LogP contribution in [-0.4, -0.2) is 5.16 Å². The van der Waals surface area contributed by atoms with Gasteiger partial charge in [0, 0.05) is 6.07 Å². The zero-order valence-corrected chi connectivity index (χ0v) is 18.3. The van der Waals surface area contributed by atoms with Crippen LogP contribution < -0.4 is 0 Å². The molecule has 3 rings (SSSR count). The Labute approximate surface area is 165 Å². The second-order valence-corrected chi connectivity index (χ2v) is 9.64. The molecule has 1 aromatic carbocycles. The maximum absolute atomic E-state index is 5.39. The zero-order valence-electron chi connectivity index (χ0n) is 18.3. The Morgan fingerprint density at radius 2 is 1.78 bits per heavy atom. The number of nitrogens with zero attached hydrogens (tertiary/aromatic N) is 1. The topological polar surface area (TPSA) is 26.0 Å². The van der Waals surface area contributed by atoms with Crippen LogP contribution in [0, 0.1) is 11.8 Å². The monoisotopic (exact) mass is 365 g/mol. The molecule has 0 N–H and O–H groups in total. The number of fused-ring (bicyclic) bond motifs is 1. The molecule has 0 aliphatic heterocycles. The summed E-state index contributed by atoms with van der Waals surface area (Å²) in [5.41, 5.74) is 7.62. The van der Waals surface area contributed by atoms with Crippen LogP contribution in [0.4, 0.5) is 0 Å². The van der Waals surface area contributed by atoms with E-state index in [4.69, 9.17) is 4.52 Å². The van der Waals surface area contributed by atoms with Gasteiger partial charge in [-0.2, -0.15) is 0 Å². The van der Waals surface area contributed by atoms with E-state index < -0.39 is 0 Å². The fourth-order valence-electron chi connectivity index (χ4n) is 4.83. The number of hydrogen-bond donors (Lipinski definition) is 0. The Bertz CT molecular complexity index is 837. The van der Waals surface area contributed by atoms with Crippen LogP contribution in [0.3, 0.4) is 0 Å². The predicted molar refractivity (Wildman–Crippen MR) is 115 cm³/mol. The predicted octanol–water partition coefficient (Wildman–Crippen LogP) is 7.03. The van der Waals surface area contributed by atoms with Gasteiger partial charge in [0.05, 0.1) is 6.20 Å². The summed E-state index contributed by atoms with van der Waals surface area (Å²) < 4.78 is 5.39. The highest BCUT2D eigenvalue weighted by molar-refractivity contribution is 5.83. The molecular weight excluding hydrogens is 330 g/mol. The average Bonchev–Trinajstić information content (AvgIpc) is 3.15. The largest absolute Gasteiger partial charge is 0.357 e. The van der Waals surface area contributed by atoms with Gasteiger partial charge in [0.25, 0.3) is 0 Å². The van der Waals surface area contributed by atoms with E-state index in [-0.39, 0.29) is 10.8 Å². The second-order valence-electron chi connectivity index (χ2n) is 9.64. The molecule has 1 atom stereocenters. The van der Waals surface area contributed by atoms with Crippen molar-refractivity contribution in [3.05, 3.63) is 52.4 Å². The summed E-state index contributed by atoms with van der Waals surface area (Å²) in [5.74, 6) is 1.85. The molecule has 0 radical (unpaired) electrons. The van der Waals surface area contributed by atoms with Gasteiger partial charge in [-0.15, -0.1) is 0 Å². The molecule has 2 aromatic rings. The first kappa shape index (κ1) is 19.9. The molecule has 0 saturated heterocycles. The lowest BCUT2D eigenvalue weighted by Crippen LogP contribution is -2.30. The van der Waals surface area contributed by atoms with E-state index in [2.05, 4.69) is 78.8 Å². The van der Waals surface area contributed by atoms with Crippen LogP contribution in [-0.2, 0) is 17.3 Å². The maximum atomic E-state index is 5.39. The Kier molecular flexibility index (Phi) is 5.14. The molecular formula is C25H35NO. The lowest BCUT2D eigenvalue weighted by molar-refractivity contribution is 0.264. The van der Waals surface area contributed by atoms with Gasteiger partial charge in [-0.3, -0.25) is 0 Å². The summed E-state index contributed by atoms with van der Waals surface area (Å²) >= 11 is 0. The third-order valence-corrected chi connectivity index (χ3v) is 7.00. The molecule has 2 nitrogen and oxygen atoms in total. The van der Waals surface area contributed by atoms with Gasteiger partial charge in [0.1, 0.15) is 0 Å². The Morgan fingerprint density at radius 3 is 2.30 bits per heavy atom. The minimum Gasteiger partial charge on any atom is -0.357 e. The summed E-state index contributed by atoms with van der Waals surface area (Å²) in [5, 5.41) is 3.88. The summed E-state index contributed by atoms with van der Waals surface area (Å²) in [4.78, 5) is 0. The van der Waals surface area contributed by atoms with Crippen molar-refractivity contribution in [3.8, 4) is 0 Å². The van der Waals surface area contributed by atoms with E-state index >= 15 is 0 Å². The molecule has 0 saturated carbocycles. The minimum atomic E-state index is 0.173. The normalized spacial score (nSPS) is 20.9. The highest BCUT2D eigenvalue weighted by Crippen LogP contribution is 2.54. The van der Waals surface area contributed by atoms with Crippen molar-refractivity contribution < 1.29 is 4.52 Å². The quantitative estimate of drug-likeness (QED) is 0.568. The van der Waals surface area contributed by atoms with Crippen LogP contribution in [0.1, 0.15) is 89.8 Å². The first-order chi connectivity index (χ1) is 12.6. The number of benzene rings is 1. The first-order valence-electron chi connectivity index (χ1n) is 10.4. The third-order valence-electron chi connectivity index (χ3n) is 7.00. The van der Waals surface area contributed by atoms with Gasteiger partial charge < -0.3 is 4.52 Å². The highest BCUT2D eigenvalue weighted by Gasteiger charge is 2.48. The Hall–Kier alpha value is -1.83. The summed E-state index contributed by atoms with van der Waals surface area (Å²) in [6.45, 7) is 18.8. The van der Waals surface area contributed by atoms with E-state index in [1.165, 1.54) is 27.8 Å². The maximum Gasteiger partial charge on any atom is 0.159 e. The van der Waals surface area contributed by atoms with Crippen molar-refractivity contribution in [2.75, 3.05) is 0 Å². The van der Waals surface area contributed by atoms with E-state index in [0.717, 1.165) is 18.6 Å². The number of aromatic nitrogens is 1. The van der Waals surface area contributed by atoms with Gasteiger partial charge in [-0.05, 0) is 63.0 Å². The standard InChI is InChI=1S/C25H35NO/c1-9-10-18-13-22-23(25(7,8)17(4)24(22,5)6)15-21(18)20(16(2)3)14-19-11-12-26-27-19/h11-17H,9-10H2,1-8H3/b20-14+. The van der Waals surface area contributed by atoms with Crippen molar-refractivity contribution in [1.29, 1.82) is 0 Å². The van der Waals surface area contributed by atoms with Crippen LogP contribution in [0.2, 0.25) is 0 Å². The van der Waals surface area contributed by atoms with Crippen LogP contribution in [0.15, 0.2) is 28.9 Å². The zero-order chi connectivity index (χ0) is 20.0. The molecule has 2 heteroatoms. The number of allylic oxidation sites excluding steroid dienone is 1. The molecule has 1 aliphatic rings. The van der Waals surface area contributed by atoms with Crippen molar-refractivity contribution in [2.24, 2.45) is 11.8 Å². The summed E-state index contributed by atoms with van der Waals surface area (Å²) in [6.07, 6.45) is 6.15. The van der Waals surface area contributed by atoms with Crippen LogP contribution >= 0.6 is 0 Å². The minimum absolute atomic E-state index is 0.173. The van der Waals surface area contributed by atoms with Gasteiger partial charge in [-0.25, -0.2) is 0 Å². The van der Waals surface area contributed by atoms with Crippen molar-refractivity contribution >= 4 is 11.6 Å². The molecule has 1 unspecified atom stereocenters. The van der Waals surface area contributed by atoms with E-state index in [0.29, 0.717) is 11.8 Å². The van der Waals surface area contributed by atoms with Gasteiger partial charge in [0.15, 0.2) is 5.76 Å². The molecule has 0 bridgehead atoms. The van der Waals surface area contributed by atoms with E-state index in [9.17, 15) is 0 Å². The number of hydrogen-bond acceptors (Lipinski definition) is 2. The van der Waals surface area contributed by atoms with Crippen LogP contribution in [0.25, 0.3) is 11.6 Å². The average molecular weight is 366 g/mol. The van der Waals surface area contributed by atoms with Crippen molar-refractivity contribution in [3.63, 3.8) is 0 Å². The summed E-state index contributed by atoms with van der Waals surface area (Å²) in [6, 6.07) is 6.94. The van der Waals surface area contributed by atoms with E-state index in [1.807, 2.05) is 6.07 Å². The summed E-state index contributed by atoms with van der Waals surface area (Å²) in [7, 11) is 0. The smallest absolute Gasteiger partial charge is 0.159 e. The first-order valence-corrected chi connectivity index (χ1v) is 10.4. The van der Waals surface area contributed by atoms with Crippen molar-refractivity contribution in [2.45, 2.75) is 79.1 Å². The fourth-order valence-corrected chi connectivity index (χ4v) is 4.83. The Morgan fingerprint density at radius 1 is 1.15 bits per heavy atom. The van der Waals surface area contributed by atoms with Crippen LogP contribution in [0.5, 0.6) is 0 Å². The molecule has 1 aromatic heterocycles. The van der Waals surface area contributed by atoms with Gasteiger partial charge in [-0.1, -0.05) is 79.1 Å². The molecule has 27 heavy (non-hydrogen) atoms. The fraction of sp³-hybridized carbons (Fsp3) is 0.560. The second kappa shape index (κ2) is 6.96. The lowest BCUT2D eigenvalue weighted by atomic mass is 9.71. The molecule has 1 heterocycles. The molecule has 146 valence electrons. The Balaban J connectivity index is 2.26. The molecule has 0 amide bonds. The third kappa shape index (κ3) is 3.28. The highest BCUT2D eigenvalue weighted by atomic mass is 16.5. The molecule has 1 aliphatic carbocycles. The SMILES string of the molecule is CCCc1cc2c(cc1/C(=C/c1ccno1)C(C)C)C(C)(C)C(C)C2(C)C. The van der Waals surface area contributed by atoms with Gasteiger partial charge in [0.2, 0.25) is 0 Å². The molecule has 0 spiro atoms. The van der Waals surface area contributed by atoms with E-state index in [1.54, 1.807) is 6.20 Å². The number of rotatable bonds is 5. The molecule has 0 fully saturated rings.